The van der Waals surface area contributed by atoms with Gasteiger partial charge in [-0.25, -0.2) is 0 Å². The van der Waals surface area contributed by atoms with Gasteiger partial charge in [-0.05, 0) is 48.7 Å². The zero-order valence-corrected chi connectivity index (χ0v) is 20.2. The Kier molecular flexibility index (Phi) is 6.36. The predicted octanol–water partition coefficient (Wildman–Crippen LogP) is 3.04. The molecule has 0 spiro atoms. The Morgan fingerprint density at radius 1 is 1.03 bits per heavy atom. The van der Waals surface area contributed by atoms with E-state index in [0.717, 1.165) is 12.8 Å². The highest BCUT2D eigenvalue weighted by Gasteiger charge is 2.47. The summed E-state index contributed by atoms with van der Waals surface area (Å²) in [5.41, 5.74) is 0.793. The first-order valence-electron chi connectivity index (χ1n) is 11.6. The Morgan fingerprint density at radius 2 is 1.75 bits per heavy atom. The number of ether oxygens (including phenoxy) is 6. The summed E-state index contributed by atoms with van der Waals surface area (Å²) in [5.74, 6) is 0.239. The number of Topliss-reactive ketones (excluding diaryl/α,β-unsaturated/α-hetero) is 1. The zero-order chi connectivity index (χ0) is 25.4. The number of fused-ring (bicyclic) bond motifs is 1. The van der Waals surface area contributed by atoms with E-state index in [1.54, 1.807) is 30.3 Å². The fraction of sp³-hybridized carbons (Fsp3) is 0.385. The van der Waals surface area contributed by atoms with Crippen molar-refractivity contribution < 1.29 is 43.1 Å². The van der Waals surface area contributed by atoms with Crippen LogP contribution in [0, 0.1) is 0 Å². The Morgan fingerprint density at radius 3 is 2.39 bits per heavy atom. The molecule has 10 nitrogen and oxygen atoms in total. The first-order valence-corrected chi connectivity index (χ1v) is 11.6. The van der Waals surface area contributed by atoms with E-state index in [1.807, 2.05) is 0 Å². The third-order valence-electron chi connectivity index (χ3n) is 6.61. The lowest BCUT2D eigenvalue weighted by Crippen LogP contribution is -2.36. The molecule has 2 fully saturated rings. The van der Waals surface area contributed by atoms with Crippen LogP contribution in [-0.2, 0) is 14.3 Å². The van der Waals surface area contributed by atoms with E-state index in [1.165, 1.54) is 26.2 Å². The number of aliphatic hydroxyl groups is 1. The van der Waals surface area contributed by atoms with Crippen LogP contribution >= 0.6 is 0 Å². The molecular weight excluding hydrogens is 470 g/mol. The molecule has 2 unspecified atom stereocenters. The predicted molar refractivity (Wildman–Crippen MR) is 127 cm³/mol. The summed E-state index contributed by atoms with van der Waals surface area (Å²) in [6, 6.07) is 7.28. The minimum Gasteiger partial charge on any atom is -0.507 e. The highest BCUT2D eigenvalue weighted by Crippen LogP contribution is 2.46. The minimum absolute atomic E-state index is 0.0499. The first kappa shape index (κ1) is 23.8. The van der Waals surface area contributed by atoms with Gasteiger partial charge < -0.3 is 38.4 Å². The third kappa shape index (κ3) is 3.97. The largest absolute Gasteiger partial charge is 0.507 e. The summed E-state index contributed by atoms with van der Waals surface area (Å²) in [5, 5.41) is 11.4. The number of benzene rings is 2. The van der Waals surface area contributed by atoms with Crippen molar-refractivity contribution in [3.05, 3.63) is 47.0 Å². The van der Waals surface area contributed by atoms with E-state index >= 15 is 0 Å². The lowest BCUT2D eigenvalue weighted by atomic mass is 9.94. The monoisotopic (exact) mass is 497 g/mol. The number of likely N-dealkylation sites (tertiary alicyclic amines) is 1. The second-order valence-electron chi connectivity index (χ2n) is 8.61. The van der Waals surface area contributed by atoms with Gasteiger partial charge in [0, 0.05) is 18.7 Å². The molecule has 0 aliphatic carbocycles. The van der Waals surface area contributed by atoms with Gasteiger partial charge in [0.05, 0.1) is 39.0 Å². The summed E-state index contributed by atoms with van der Waals surface area (Å²) in [6.45, 7) is 0.862. The Balaban J connectivity index is 1.67. The topological polar surface area (TPSA) is 113 Å². The number of rotatable bonds is 7. The summed E-state index contributed by atoms with van der Waals surface area (Å²) < 4.78 is 33.0. The fourth-order valence-corrected chi connectivity index (χ4v) is 4.88. The van der Waals surface area contributed by atoms with Crippen LogP contribution in [0.5, 0.6) is 28.7 Å². The van der Waals surface area contributed by atoms with Crippen molar-refractivity contribution in [2.75, 3.05) is 41.3 Å². The van der Waals surface area contributed by atoms with Crippen LogP contribution in [0.3, 0.4) is 0 Å². The molecular formula is C26H27NO9. The second-order valence-corrected chi connectivity index (χ2v) is 8.61. The molecule has 0 saturated carbocycles. The Hall–Kier alpha value is -3.92. The maximum Gasteiger partial charge on any atom is 0.295 e. The van der Waals surface area contributed by atoms with Gasteiger partial charge >= 0.3 is 0 Å². The molecule has 2 aromatic rings. The Labute approximate surface area is 207 Å². The lowest BCUT2D eigenvalue weighted by Gasteiger charge is -2.28. The van der Waals surface area contributed by atoms with E-state index in [0.29, 0.717) is 46.5 Å². The lowest BCUT2D eigenvalue weighted by molar-refractivity contribution is -0.140. The van der Waals surface area contributed by atoms with E-state index in [4.69, 9.17) is 28.4 Å². The summed E-state index contributed by atoms with van der Waals surface area (Å²) in [6.07, 6.45) is 1.44. The van der Waals surface area contributed by atoms with Crippen molar-refractivity contribution in [3.63, 3.8) is 0 Å². The molecule has 2 aromatic carbocycles. The molecule has 36 heavy (non-hydrogen) atoms. The van der Waals surface area contributed by atoms with Crippen LogP contribution in [0.25, 0.3) is 5.76 Å². The number of ketones is 1. The van der Waals surface area contributed by atoms with Gasteiger partial charge in [0.15, 0.2) is 23.0 Å². The van der Waals surface area contributed by atoms with Crippen molar-refractivity contribution in [3.8, 4) is 28.7 Å². The number of carbonyl (C=O) groups excluding carboxylic acids is 2. The van der Waals surface area contributed by atoms with Crippen LogP contribution in [-0.4, -0.2) is 69.1 Å². The highest BCUT2D eigenvalue weighted by atomic mass is 16.7. The molecule has 3 aliphatic rings. The maximum atomic E-state index is 13.4. The molecule has 0 bridgehead atoms. The van der Waals surface area contributed by atoms with Gasteiger partial charge in [-0.3, -0.25) is 9.59 Å². The molecule has 0 radical (unpaired) electrons. The molecule has 5 rings (SSSR count). The summed E-state index contributed by atoms with van der Waals surface area (Å²) in [4.78, 5) is 28.1. The molecule has 10 heteroatoms. The summed E-state index contributed by atoms with van der Waals surface area (Å²) >= 11 is 0. The number of carbonyl (C=O) groups is 2. The highest BCUT2D eigenvalue weighted by molar-refractivity contribution is 6.46. The molecule has 3 heterocycles. The molecule has 2 atom stereocenters. The number of amides is 1. The number of nitrogens with zero attached hydrogens (tertiary/aromatic N) is 1. The van der Waals surface area contributed by atoms with Crippen LogP contribution in [0.15, 0.2) is 35.9 Å². The van der Waals surface area contributed by atoms with Gasteiger partial charge in [0.25, 0.3) is 11.7 Å². The molecule has 1 amide bonds. The maximum absolute atomic E-state index is 13.4. The van der Waals surface area contributed by atoms with Crippen LogP contribution < -0.4 is 23.7 Å². The number of methoxy groups -OCH3 is 3. The van der Waals surface area contributed by atoms with Crippen LogP contribution in [0.2, 0.25) is 0 Å². The number of aliphatic hydroxyl groups excluding tert-OH is 1. The fourth-order valence-electron chi connectivity index (χ4n) is 4.88. The average Bonchev–Trinajstić information content (AvgIpc) is 3.64. The second kappa shape index (κ2) is 9.62. The van der Waals surface area contributed by atoms with Crippen molar-refractivity contribution >= 4 is 17.4 Å². The van der Waals surface area contributed by atoms with Crippen molar-refractivity contribution in [2.24, 2.45) is 0 Å². The SMILES string of the molecule is COc1cc(C2C(=C(O)c3ccc4c(c3)OCO4)C(=O)C(=O)N2CC2CCCO2)cc(OC)c1OC. The van der Waals surface area contributed by atoms with Gasteiger partial charge in [-0.2, -0.15) is 0 Å². The molecule has 3 aliphatic heterocycles. The molecule has 190 valence electrons. The number of hydrogen-bond donors (Lipinski definition) is 1. The molecule has 1 N–H and O–H groups in total. The smallest absolute Gasteiger partial charge is 0.295 e. The first-order chi connectivity index (χ1) is 17.5. The van der Waals surface area contributed by atoms with Gasteiger partial charge in [0.1, 0.15) is 5.76 Å². The van der Waals surface area contributed by atoms with E-state index in [2.05, 4.69) is 0 Å². The van der Waals surface area contributed by atoms with Crippen molar-refractivity contribution in [2.45, 2.75) is 25.0 Å². The number of hydrogen-bond acceptors (Lipinski definition) is 9. The van der Waals surface area contributed by atoms with Gasteiger partial charge in [0.2, 0.25) is 12.5 Å². The quantitative estimate of drug-likeness (QED) is 0.350. The van der Waals surface area contributed by atoms with Crippen molar-refractivity contribution in [1.29, 1.82) is 0 Å². The zero-order valence-electron chi connectivity index (χ0n) is 20.2. The van der Waals surface area contributed by atoms with Gasteiger partial charge in [-0.1, -0.05) is 0 Å². The van der Waals surface area contributed by atoms with Crippen LogP contribution in [0.1, 0.15) is 30.0 Å². The van der Waals surface area contributed by atoms with Crippen LogP contribution in [0.4, 0.5) is 0 Å². The van der Waals surface area contributed by atoms with E-state index < -0.39 is 17.7 Å². The summed E-state index contributed by atoms with van der Waals surface area (Å²) in [7, 11) is 4.46. The molecule has 2 saturated heterocycles. The Bertz CT molecular complexity index is 1210. The van der Waals surface area contributed by atoms with E-state index in [9.17, 15) is 14.7 Å². The molecule has 0 aromatic heterocycles. The third-order valence-corrected chi connectivity index (χ3v) is 6.61. The van der Waals surface area contributed by atoms with Gasteiger partial charge in [-0.15, -0.1) is 0 Å². The normalized spacial score (nSPS) is 22.2. The average molecular weight is 498 g/mol. The standard InChI is InChI=1S/C26H27NO9/c1-31-19-10-15(11-20(32-2)25(19)33-3)22-21(23(28)14-6-7-17-18(9-14)36-13-35-17)24(29)26(30)27(22)12-16-5-4-8-34-16/h6-7,9-11,16,22,28H,4-5,8,12-13H2,1-3H3. The van der Waals surface area contributed by atoms with E-state index in [-0.39, 0.29) is 30.8 Å². The minimum atomic E-state index is -0.909. The van der Waals surface area contributed by atoms with Crippen molar-refractivity contribution in [1.82, 2.24) is 4.90 Å².